The van der Waals surface area contributed by atoms with Crippen molar-refractivity contribution in [2.75, 3.05) is 33.2 Å². The number of nitrogens with zero attached hydrogens (tertiary/aromatic N) is 4. The van der Waals surface area contributed by atoms with Crippen molar-refractivity contribution in [3.8, 4) is 0 Å². The van der Waals surface area contributed by atoms with Gasteiger partial charge in [0, 0.05) is 52.0 Å². The Morgan fingerprint density at radius 1 is 1.38 bits per heavy atom. The molecule has 2 N–H and O–H groups in total. The molecular weight excluding hydrogens is 419 g/mol. The van der Waals surface area contributed by atoms with E-state index in [2.05, 4.69) is 27.4 Å². The van der Waals surface area contributed by atoms with Crippen molar-refractivity contribution in [3.05, 3.63) is 18.7 Å². The number of piperidine rings is 1. The highest BCUT2D eigenvalue weighted by Gasteiger charge is 2.22. The van der Waals surface area contributed by atoms with E-state index in [0.29, 0.717) is 12.3 Å². The number of hydrogen-bond donors (Lipinski definition) is 2. The van der Waals surface area contributed by atoms with Crippen molar-refractivity contribution in [3.63, 3.8) is 0 Å². The van der Waals surface area contributed by atoms with E-state index < -0.39 is 0 Å². The summed E-state index contributed by atoms with van der Waals surface area (Å²) in [6.07, 6.45) is 8.27. The van der Waals surface area contributed by atoms with E-state index in [1.54, 1.807) is 13.2 Å². The largest absolute Gasteiger partial charge is 0.359 e. The molecule has 0 saturated carbocycles. The van der Waals surface area contributed by atoms with Crippen LogP contribution in [0.25, 0.3) is 0 Å². The Kier molecular flexibility index (Phi) is 9.73. The number of nitrogens with one attached hydrogen (secondary N) is 2. The van der Waals surface area contributed by atoms with Crippen LogP contribution < -0.4 is 10.6 Å². The van der Waals surface area contributed by atoms with Crippen LogP contribution in [0.1, 0.15) is 26.2 Å². The predicted octanol–water partition coefficient (Wildman–Crippen LogP) is 1.31. The number of likely N-dealkylation sites (tertiary alicyclic amines) is 1. The second kappa shape index (κ2) is 11.3. The first kappa shape index (κ1) is 20.7. The fraction of sp³-hybridized carbons (Fsp3) is 0.688. The number of aliphatic imine (C=N–C) groups is 1. The standard InChI is InChI=1S/C16H28N6O.HI/c1-3-19-16(20-7-11-21-10-6-18-13-21)22-8-4-14(5-9-22)12-15(23)17-2;/h6,10,13-14H,3-5,7-9,11-12H2,1-2H3,(H,17,23)(H,19,20);1H. The lowest BCUT2D eigenvalue weighted by Gasteiger charge is -2.34. The maximum Gasteiger partial charge on any atom is 0.220 e. The second-order valence-corrected chi connectivity index (χ2v) is 5.84. The third-order valence-corrected chi connectivity index (χ3v) is 4.18. The molecule has 7 nitrogen and oxygen atoms in total. The average molecular weight is 448 g/mol. The van der Waals surface area contributed by atoms with E-state index in [-0.39, 0.29) is 29.9 Å². The van der Waals surface area contributed by atoms with E-state index in [9.17, 15) is 4.79 Å². The lowest BCUT2D eigenvalue weighted by atomic mass is 9.93. The number of carbonyl (C=O) groups is 1. The van der Waals surface area contributed by atoms with E-state index in [0.717, 1.165) is 51.5 Å². The van der Waals surface area contributed by atoms with Gasteiger partial charge in [0.2, 0.25) is 5.91 Å². The highest BCUT2D eigenvalue weighted by atomic mass is 127. The molecule has 1 aromatic rings. The van der Waals surface area contributed by atoms with E-state index >= 15 is 0 Å². The van der Waals surface area contributed by atoms with Crippen LogP contribution in [0.3, 0.4) is 0 Å². The van der Waals surface area contributed by atoms with Gasteiger partial charge in [-0.1, -0.05) is 0 Å². The number of imidazole rings is 1. The number of carbonyl (C=O) groups excluding carboxylic acids is 1. The highest BCUT2D eigenvalue weighted by Crippen LogP contribution is 2.20. The third-order valence-electron chi connectivity index (χ3n) is 4.18. The maximum atomic E-state index is 11.5. The molecule has 0 spiro atoms. The number of halogens is 1. The number of guanidine groups is 1. The molecule has 136 valence electrons. The van der Waals surface area contributed by atoms with Gasteiger partial charge in [0.25, 0.3) is 0 Å². The summed E-state index contributed by atoms with van der Waals surface area (Å²) in [6, 6.07) is 0. The summed E-state index contributed by atoms with van der Waals surface area (Å²) in [7, 11) is 1.70. The Balaban J connectivity index is 0.00000288. The van der Waals surface area contributed by atoms with Gasteiger partial charge in [-0.2, -0.15) is 0 Å². The summed E-state index contributed by atoms with van der Waals surface area (Å²) in [5.41, 5.74) is 0. The van der Waals surface area contributed by atoms with Crippen molar-refractivity contribution in [2.24, 2.45) is 10.9 Å². The van der Waals surface area contributed by atoms with Crippen LogP contribution in [-0.4, -0.2) is 59.5 Å². The molecule has 0 aromatic carbocycles. The number of amides is 1. The molecule has 0 atom stereocenters. The summed E-state index contributed by atoms with van der Waals surface area (Å²) in [5.74, 6) is 1.61. The van der Waals surface area contributed by atoms with E-state index in [1.165, 1.54) is 0 Å². The van der Waals surface area contributed by atoms with Crippen molar-refractivity contribution >= 4 is 35.8 Å². The lowest BCUT2D eigenvalue weighted by Crippen LogP contribution is -2.46. The zero-order valence-electron chi connectivity index (χ0n) is 14.6. The number of rotatable bonds is 6. The van der Waals surface area contributed by atoms with Crippen LogP contribution in [-0.2, 0) is 11.3 Å². The molecule has 1 saturated heterocycles. The summed E-state index contributed by atoms with van der Waals surface area (Å²) in [4.78, 5) is 22.5. The minimum atomic E-state index is 0. The first-order chi connectivity index (χ1) is 11.2. The molecule has 1 amide bonds. The Hall–Kier alpha value is -1.32. The van der Waals surface area contributed by atoms with Gasteiger partial charge in [-0.05, 0) is 25.7 Å². The normalized spacial score (nSPS) is 15.8. The van der Waals surface area contributed by atoms with Crippen molar-refractivity contribution in [1.82, 2.24) is 25.1 Å². The molecule has 1 aromatic heterocycles. The first-order valence-electron chi connectivity index (χ1n) is 8.42. The van der Waals surface area contributed by atoms with Gasteiger partial charge in [-0.25, -0.2) is 4.98 Å². The number of aromatic nitrogens is 2. The topological polar surface area (TPSA) is 74.5 Å². The highest BCUT2D eigenvalue weighted by molar-refractivity contribution is 14.0. The maximum absolute atomic E-state index is 11.5. The molecule has 1 aliphatic heterocycles. The summed E-state index contributed by atoms with van der Waals surface area (Å²) in [6.45, 7) is 6.43. The Morgan fingerprint density at radius 2 is 2.12 bits per heavy atom. The molecule has 2 heterocycles. The fourth-order valence-electron chi connectivity index (χ4n) is 2.83. The van der Waals surface area contributed by atoms with Gasteiger partial charge in [0.15, 0.2) is 5.96 Å². The Morgan fingerprint density at radius 3 is 2.71 bits per heavy atom. The molecule has 24 heavy (non-hydrogen) atoms. The zero-order valence-corrected chi connectivity index (χ0v) is 16.9. The van der Waals surface area contributed by atoms with Crippen LogP contribution >= 0.6 is 24.0 Å². The minimum Gasteiger partial charge on any atom is -0.359 e. The molecule has 2 rings (SSSR count). The van der Waals surface area contributed by atoms with Gasteiger partial charge in [0.1, 0.15) is 0 Å². The predicted molar refractivity (Wildman–Crippen MR) is 107 cm³/mol. The second-order valence-electron chi connectivity index (χ2n) is 5.84. The molecular formula is C16H29IN6O. The van der Waals surface area contributed by atoms with Gasteiger partial charge < -0.3 is 20.1 Å². The molecule has 0 radical (unpaired) electrons. The van der Waals surface area contributed by atoms with Gasteiger partial charge >= 0.3 is 0 Å². The molecule has 8 heteroatoms. The monoisotopic (exact) mass is 448 g/mol. The molecule has 0 aliphatic carbocycles. The summed E-state index contributed by atoms with van der Waals surface area (Å²) in [5, 5.41) is 6.08. The first-order valence-corrected chi connectivity index (χ1v) is 8.42. The number of hydrogen-bond acceptors (Lipinski definition) is 3. The van der Waals surface area contributed by atoms with Crippen molar-refractivity contribution < 1.29 is 4.79 Å². The third kappa shape index (κ3) is 6.66. The van der Waals surface area contributed by atoms with Crippen LogP contribution in [0.4, 0.5) is 0 Å². The molecule has 1 aliphatic rings. The molecule has 0 bridgehead atoms. The summed E-state index contributed by atoms with van der Waals surface area (Å²) < 4.78 is 2.03. The van der Waals surface area contributed by atoms with Gasteiger partial charge in [-0.15, -0.1) is 24.0 Å². The van der Waals surface area contributed by atoms with Crippen molar-refractivity contribution in [2.45, 2.75) is 32.7 Å². The quantitative estimate of drug-likeness (QED) is 0.391. The fourth-order valence-corrected chi connectivity index (χ4v) is 2.83. The van der Waals surface area contributed by atoms with Crippen LogP contribution in [0.15, 0.2) is 23.7 Å². The molecule has 0 unspecified atom stereocenters. The van der Waals surface area contributed by atoms with E-state index in [4.69, 9.17) is 4.99 Å². The lowest BCUT2D eigenvalue weighted by molar-refractivity contribution is -0.121. The van der Waals surface area contributed by atoms with Crippen LogP contribution in [0.5, 0.6) is 0 Å². The zero-order chi connectivity index (χ0) is 16.5. The Bertz CT molecular complexity index is 497. The van der Waals surface area contributed by atoms with Gasteiger partial charge in [-0.3, -0.25) is 9.79 Å². The average Bonchev–Trinajstić information content (AvgIpc) is 3.08. The minimum absolute atomic E-state index is 0. The summed E-state index contributed by atoms with van der Waals surface area (Å²) >= 11 is 0. The smallest absolute Gasteiger partial charge is 0.220 e. The van der Waals surface area contributed by atoms with Crippen LogP contribution in [0.2, 0.25) is 0 Å². The van der Waals surface area contributed by atoms with E-state index in [1.807, 2.05) is 17.1 Å². The van der Waals surface area contributed by atoms with Crippen molar-refractivity contribution in [1.29, 1.82) is 0 Å². The SMILES string of the molecule is CCNC(=NCCn1ccnc1)N1CCC(CC(=O)NC)CC1.I. The Labute approximate surface area is 161 Å². The van der Waals surface area contributed by atoms with Gasteiger partial charge in [0.05, 0.1) is 12.9 Å². The molecule has 1 fully saturated rings. The van der Waals surface area contributed by atoms with Crippen LogP contribution in [0, 0.1) is 5.92 Å².